The van der Waals surface area contributed by atoms with Crippen LogP contribution < -0.4 is 0 Å². The van der Waals surface area contributed by atoms with Crippen molar-refractivity contribution in [3.05, 3.63) is 33.8 Å². The highest BCUT2D eigenvalue weighted by Gasteiger charge is 2.13. The largest absolute Gasteiger partial charge is 0.388 e. The van der Waals surface area contributed by atoms with Crippen molar-refractivity contribution in [2.75, 3.05) is 0 Å². The normalized spacial score (nSPS) is 13.3. The number of aliphatic hydroxyl groups is 1. The molecule has 14 heavy (non-hydrogen) atoms. The summed E-state index contributed by atoms with van der Waals surface area (Å²) in [5.74, 6) is 0.441. The Morgan fingerprint density at radius 1 is 1.29 bits per heavy atom. The minimum atomic E-state index is -0.500. The zero-order chi connectivity index (χ0) is 10.7. The van der Waals surface area contributed by atoms with E-state index in [2.05, 4.69) is 13.8 Å². The Morgan fingerprint density at radius 2 is 1.93 bits per heavy atom. The van der Waals surface area contributed by atoms with E-state index in [-0.39, 0.29) is 0 Å². The maximum atomic E-state index is 9.84. The van der Waals surface area contributed by atoms with Crippen molar-refractivity contribution in [2.45, 2.75) is 26.4 Å². The lowest BCUT2D eigenvalue weighted by Crippen LogP contribution is -2.02. The number of hydrogen-bond acceptors (Lipinski definition) is 1. The van der Waals surface area contributed by atoms with E-state index in [1.165, 1.54) is 0 Å². The van der Waals surface area contributed by atoms with Gasteiger partial charge >= 0.3 is 0 Å². The van der Waals surface area contributed by atoms with Gasteiger partial charge in [-0.3, -0.25) is 0 Å². The van der Waals surface area contributed by atoms with Crippen LogP contribution in [0.4, 0.5) is 0 Å². The number of hydrogen-bond donors (Lipinski definition) is 1. The van der Waals surface area contributed by atoms with Gasteiger partial charge in [0.1, 0.15) is 0 Å². The van der Waals surface area contributed by atoms with Gasteiger partial charge in [-0.15, -0.1) is 0 Å². The first-order valence-electron chi connectivity index (χ1n) is 4.63. The molecule has 0 aliphatic heterocycles. The van der Waals surface area contributed by atoms with E-state index in [1.54, 1.807) is 18.2 Å². The summed E-state index contributed by atoms with van der Waals surface area (Å²) in [6.45, 7) is 4.13. The van der Waals surface area contributed by atoms with E-state index in [9.17, 15) is 5.11 Å². The Bertz CT molecular complexity index is 310. The second-order valence-corrected chi connectivity index (χ2v) is 4.65. The Kier molecular flexibility index (Phi) is 4.24. The molecule has 0 aliphatic carbocycles. The Balaban J connectivity index is 2.84. The van der Waals surface area contributed by atoms with Crippen LogP contribution in [-0.2, 0) is 0 Å². The summed E-state index contributed by atoms with van der Waals surface area (Å²) >= 11 is 11.7. The number of aliphatic hydroxyl groups excluding tert-OH is 1. The molecule has 78 valence electrons. The van der Waals surface area contributed by atoms with Crippen molar-refractivity contribution in [1.29, 1.82) is 0 Å². The van der Waals surface area contributed by atoms with Crippen LogP contribution in [0.3, 0.4) is 0 Å². The maximum absolute atomic E-state index is 9.84. The van der Waals surface area contributed by atoms with Gasteiger partial charge in [0.15, 0.2) is 0 Å². The zero-order valence-corrected chi connectivity index (χ0v) is 9.81. The van der Waals surface area contributed by atoms with Crippen molar-refractivity contribution >= 4 is 23.2 Å². The van der Waals surface area contributed by atoms with Gasteiger partial charge in [0, 0.05) is 10.0 Å². The van der Waals surface area contributed by atoms with E-state index < -0.39 is 6.10 Å². The van der Waals surface area contributed by atoms with Crippen molar-refractivity contribution < 1.29 is 5.11 Å². The molecular weight excluding hydrogens is 219 g/mol. The van der Waals surface area contributed by atoms with Gasteiger partial charge in [-0.05, 0) is 30.0 Å². The molecule has 0 bridgehead atoms. The van der Waals surface area contributed by atoms with Crippen molar-refractivity contribution in [2.24, 2.45) is 5.92 Å². The van der Waals surface area contributed by atoms with E-state index >= 15 is 0 Å². The van der Waals surface area contributed by atoms with Crippen LogP contribution >= 0.6 is 23.2 Å². The maximum Gasteiger partial charge on any atom is 0.0806 e. The standard InChI is InChI=1S/C11H14Cl2O/c1-7(2)5-11(14)9-4-3-8(12)6-10(9)13/h3-4,6-7,11,14H,5H2,1-2H3. The average Bonchev–Trinajstić information content (AvgIpc) is 2.01. The monoisotopic (exact) mass is 232 g/mol. The summed E-state index contributed by atoms with van der Waals surface area (Å²) in [7, 11) is 0. The molecule has 0 saturated carbocycles. The summed E-state index contributed by atoms with van der Waals surface area (Å²) in [6.07, 6.45) is 0.209. The smallest absolute Gasteiger partial charge is 0.0806 e. The third-order valence-electron chi connectivity index (χ3n) is 2.02. The van der Waals surface area contributed by atoms with Crippen LogP contribution in [-0.4, -0.2) is 5.11 Å². The summed E-state index contributed by atoms with van der Waals surface area (Å²) in [6, 6.07) is 5.17. The van der Waals surface area contributed by atoms with Crippen LogP contribution in [0.1, 0.15) is 31.9 Å². The molecule has 0 aromatic heterocycles. The van der Waals surface area contributed by atoms with E-state index in [4.69, 9.17) is 23.2 Å². The lowest BCUT2D eigenvalue weighted by molar-refractivity contribution is 0.151. The zero-order valence-electron chi connectivity index (χ0n) is 8.30. The minimum Gasteiger partial charge on any atom is -0.388 e. The molecule has 1 aromatic carbocycles. The van der Waals surface area contributed by atoms with Crippen molar-refractivity contribution in [1.82, 2.24) is 0 Å². The first-order valence-corrected chi connectivity index (χ1v) is 5.39. The predicted molar refractivity (Wildman–Crippen MR) is 60.9 cm³/mol. The van der Waals surface area contributed by atoms with Gasteiger partial charge in [0.05, 0.1) is 6.10 Å². The second-order valence-electron chi connectivity index (χ2n) is 3.81. The molecule has 0 spiro atoms. The molecule has 1 unspecified atom stereocenters. The SMILES string of the molecule is CC(C)CC(O)c1ccc(Cl)cc1Cl. The predicted octanol–water partition coefficient (Wildman–Crippen LogP) is 4.07. The third-order valence-corrected chi connectivity index (χ3v) is 2.58. The fourth-order valence-electron chi connectivity index (χ4n) is 1.35. The Morgan fingerprint density at radius 3 is 2.43 bits per heavy atom. The van der Waals surface area contributed by atoms with Crippen LogP contribution in [0.15, 0.2) is 18.2 Å². The summed E-state index contributed by atoms with van der Waals surface area (Å²) < 4.78 is 0. The molecule has 0 aliphatic rings. The van der Waals surface area contributed by atoms with Gasteiger partial charge in [-0.1, -0.05) is 43.1 Å². The minimum absolute atomic E-state index is 0.441. The van der Waals surface area contributed by atoms with Gasteiger partial charge in [-0.2, -0.15) is 0 Å². The average molecular weight is 233 g/mol. The van der Waals surface area contributed by atoms with Crippen LogP contribution in [0.2, 0.25) is 10.0 Å². The molecule has 3 heteroatoms. The fraction of sp³-hybridized carbons (Fsp3) is 0.455. The lowest BCUT2D eigenvalue weighted by Gasteiger charge is -2.14. The highest BCUT2D eigenvalue weighted by molar-refractivity contribution is 6.35. The molecule has 0 amide bonds. The Hall–Kier alpha value is -0.240. The molecule has 1 atom stereocenters. The van der Waals surface area contributed by atoms with E-state index in [0.29, 0.717) is 22.4 Å². The fourth-order valence-corrected chi connectivity index (χ4v) is 1.88. The molecule has 0 fully saturated rings. The molecule has 0 saturated heterocycles. The summed E-state index contributed by atoms with van der Waals surface area (Å²) in [4.78, 5) is 0. The summed E-state index contributed by atoms with van der Waals surface area (Å²) in [5.41, 5.74) is 0.754. The number of halogens is 2. The van der Waals surface area contributed by atoms with Gasteiger partial charge in [0.2, 0.25) is 0 Å². The Labute approximate surface area is 94.7 Å². The molecular formula is C11H14Cl2O. The quantitative estimate of drug-likeness (QED) is 0.834. The number of benzene rings is 1. The molecule has 1 nitrogen and oxygen atoms in total. The van der Waals surface area contributed by atoms with Crippen molar-refractivity contribution in [3.8, 4) is 0 Å². The molecule has 0 heterocycles. The highest BCUT2D eigenvalue weighted by Crippen LogP contribution is 2.29. The molecule has 0 radical (unpaired) electrons. The topological polar surface area (TPSA) is 20.2 Å². The van der Waals surface area contributed by atoms with E-state index in [0.717, 1.165) is 5.56 Å². The van der Waals surface area contributed by atoms with Gasteiger partial charge in [-0.25, -0.2) is 0 Å². The van der Waals surface area contributed by atoms with Crippen molar-refractivity contribution in [3.63, 3.8) is 0 Å². The third kappa shape index (κ3) is 3.16. The molecule has 1 aromatic rings. The second kappa shape index (κ2) is 5.01. The van der Waals surface area contributed by atoms with Gasteiger partial charge in [0.25, 0.3) is 0 Å². The molecule has 1 rings (SSSR count). The highest BCUT2D eigenvalue weighted by atomic mass is 35.5. The number of rotatable bonds is 3. The van der Waals surface area contributed by atoms with Crippen LogP contribution in [0.25, 0.3) is 0 Å². The first kappa shape index (κ1) is 11.8. The molecule has 1 N–H and O–H groups in total. The van der Waals surface area contributed by atoms with Crippen LogP contribution in [0.5, 0.6) is 0 Å². The van der Waals surface area contributed by atoms with E-state index in [1.807, 2.05) is 0 Å². The first-order chi connectivity index (χ1) is 6.50. The lowest BCUT2D eigenvalue weighted by atomic mass is 10.00. The van der Waals surface area contributed by atoms with Crippen LogP contribution in [0, 0.1) is 5.92 Å². The summed E-state index contributed by atoms with van der Waals surface area (Å²) in [5, 5.41) is 11.0. The van der Waals surface area contributed by atoms with Gasteiger partial charge < -0.3 is 5.11 Å².